The Hall–Kier alpha value is -0.580. The molecule has 1 heterocycles. The highest BCUT2D eigenvalue weighted by Gasteiger charge is 2.34. The standard InChI is InChI=1S/C17H26BrN3O3.HI/c1-19-16(21-12-17(6-9-22)7-10-23-13-17)20-8-11-24-15-4-2-14(18)3-5-15;/h2-5,22H,6-13H2,1H3,(H2,19,20,21);1H. The van der Waals surface area contributed by atoms with E-state index in [0.717, 1.165) is 42.2 Å². The minimum atomic E-state index is 0. The maximum absolute atomic E-state index is 9.26. The van der Waals surface area contributed by atoms with Crippen molar-refractivity contribution < 1.29 is 14.6 Å². The van der Waals surface area contributed by atoms with E-state index in [9.17, 15) is 5.11 Å². The highest BCUT2D eigenvalue weighted by atomic mass is 127. The average molecular weight is 528 g/mol. The van der Waals surface area contributed by atoms with Gasteiger partial charge in [0.25, 0.3) is 0 Å². The molecule has 0 spiro atoms. The van der Waals surface area contributed by atoms with Crippen LogP contribution in [0.2, 0.25) is 0 Å². The highest BCUT2D eigenvalue weighted by molar-refractivity contribution is 14.0. The number of aliphatic hydroxyl groups is 1. The summed E-state index contributed by atoms with van der Waals surface area (Å²) in [6.45, 7) is 3.56. The highest BCUT2D eigenvalue weighted by Crippen LogP contribution is 2.31. The number of nitrogens with one attached hydrogen (secondary N) is 2. The number of ether oxygens (including phenoxy) is 2. The van der Waals surface area contributed by atoms with Crippen molar-refractivity contribution in [3.63, 3.8) is 0 Å². The maximum atomic E-state index is 9.26. The van der Waals surface area contributed by atoms with Gasteiger partial charge in [-0.25, -0.2) is 0 Å². The Kier molecular flexibility index (Phi) is 10.7. The number of hydrogen-bond donors (Lipinski definition) is 3. The number of aliphatic imine (C=N–C) groups is 1. The molecular formula is C17H27BrIN3O3. The van der Waals surface area contributed by atoms with Gasteiger partial charge in [-0.2, -0.15) is 0 Å². The fourth-order valence-electron chi connectivity index (χ4n) is 2.67. The zero-order valence-electron chi connectivity index (χ0n) is 14.5. The largest absolute Gasteiger partial charge is 0.492 e. The molecule has 0 radical (unpaired) electrons. The quantitative estimate of drug-likeness (QED) is 0.209. The van der Waals surface area contributed by atoms with Crippen LogP contribution < -0.4 is 15.4 Å². The molecule has 1 fully saturated rings. The van der Waals surface area contributed by atoms with Crippen LogP contribution in [0.3, 0.4) is 0 Å². The summed E-state index contributed by atoms with van der Waals surface area (Å²) in [7, 11) is 1.74. The maximum Gasteiger partial charge on any atom is 0.191 e. The van der Waals surface area contributed by atoms with Gasteiger partial charge in [0.15, 0.2) is 5.96 Å². The van der Waals surface area contributed by atoms with Gasteiger partial charge in [0, 0.05) is 36.7 Å². The van der Waals surface area contributed by atoms with Crippen LogP contribution in [-0.2, 0) is 4.74 Å². The minimum Gasteiger partial charge on any atom is -0.492 e. The monoisotopic (exact) mass is 527 g/mol. The molecule has 1 aliphatic heterocycles. The van der Waals surface area contributed by atoms with E-state index >= 15 is 0 Å². The van der Waals surface area contributed by atoms with Crippen LogP contribution in [0, 0.1) is 5.41 Å². The Morgan fingerprint density at radius 3 is 2.72 bits per heavy atom. The zero-order valence-corrected chi connectivity index (χ0v) is 18.4. The summed E-state index contributed by atoms with van der Waals surface area (Å²) >= 11 is 3.40. The first-order chi connectivity index (χ1) is 11.7. The van der Waals surface area contributed by atoms with Crippen molar-refractivity contribution in [1.82, 2.24) is 10.6 Å². The van der Waals surface area contributed by atoms with Gasteiger partial charge in [-0.05, 0) is 37.1 Å². The van der Waals surface area contributed by atoms with Crippen molar-refractivity contribution in [2.75, 3.05) is 46.6 Å². The van der Waals surface area contributed by atoms with Gasteiger partial charge in [0.2, 0.25) is 0 Å². The van der Waals surface area contributed by atoms with Crippen LogP contribution >= 0.6 is 39.9 Å². The van der Waals surface area contributed by atoms with E-state index in [4.69, 9.17) is 9.47 Å². The molecular weight excluding hydrogens is 501 g/mol. The lowest BCUT2D eigenvalue weighted by Gasteiger charge is -2.27. The van der Waals surface area contributed by atoms with Crippen LogP contribution in [0.4, 0.5) is 0 Å². The van der Waals surface area contributed by atoms with Crippen LogP contribution in [0.5, 0.6) is 5.75 Å². The molecule has 1 atom stereocenters. The number of benzene rings is 1. The smallest absolute Gasteiger partial charge is 0.191 e. The van der Waals surface area contributed by atoms with Crippen molar-refractivity contribution in [2.24, 2.45) is 10.4 Å². The molecule has 2 rings (SSSR count). The van der Waals surface area contributed by atoms with Gasteiger partial charge in [0.05, 0.1) is 13.2 Å². The van der Waals surface area contributed by atoms with Gasteiger partial charge >= 0.3 is 0 Å². The van der Waals surface area contributed by atoms with E-state index in [0.29, 0.717) is 19.8 Å². The van der Waals surface area contributed by atoms with Crippen molar-refractivity contribution >= 4 is 45.9 Å². The van der Waals surface area contributed by atoms with Gasteiger partial charge in [0.1, 0.15) is 12.4 Å². The molecule has 1 aromatic carbocycles. The number of guanidine groups is 1. The topological polar surface area (TPSA) is 75.1 Å². The number of hydrogen-bond acceptors (Lipinski definition) is 4. The van der Waals surface area contributed by atoms with E-state index in [2.05, 4.69) is 31.6 Å². The molecule has 0 aliphatic carbocycles. The predicted octanol–water partition coefficient (Wildman–Crippen LogP) is 2.40. The van der Waals surface area contributed by atoms with Gasteiger partial charge < -0.3 is 25.2 Å². The Morgan fingerprint density at radius 2 is 2.12 bits per heavy atom. The van der Waals surface area contributed by atoms with Crippen molar-refractivity contribution in [3.05, 3.63) is 28.7 Å². The summed E-state index contributed by atoms with van der Waals surface area (Å²) in [5, 5.41) is 15.8. The summed E-state index contributed by atoms with van der Waals surface area (Å²) in [5.74, 6) is 1.58. The Bertz CT molecular complexity index is 522. The number of rotatable bonds is 8. The lowest BCUT2D eigenvalue weighted by atomic mass is 9.84. The minimum absolute atomic E-state index is 0. The van der Waals surface area contributed by atoms with E-state index in [1.807, 2.05) is 24.3 Å². The molecule has 1 aromatic rings. The fraction of sp³-hybridized carbons (Fsp3) is 0.588. The number of nitrogens with zero attached hydrogens (tertiary/aromatic N) is 1. The van der Waals surface area contributed by atoms with Gasteiger partial charge in [-0.3, -0.25) is 4.99 Å². The molecule has 0 bridgehead atoms. The van der Waals surface area contributed by atoms with Crippen LogP contribution in [0.1, 0.15) is 12.8 Å². The molecule has 0 amide bonds. The third-order valence-electron chi connectivity index (χ3n) is 4.16. The SMILES string of the molecule is CN=C(NCCOc1ccc(Br)cc1)NCC1(CCO)CCOC1.I. The Morgan fingerprint density at radius 1 is 1.36 bits per heavy atom. The summed E-state index contributed by atoms with van der Waals surface area (Å²) in [5.41, 5.74) is 0.000293. The average Bonchev–Trinajstić information content (AvgIpc) is 3.05. The lowest BCUT2D eigenvalue weighted by molar-refractivity contribution is 0.127. The molecule has 142 valence electrons. The summed E-state index contributed by atoms with van der Waals surface area (Å²) in [6, 6.07) is 7.76. The van der Waals surface area contributed by atoms with Crippen LogP contribution in [-0.4, -0.2) is 57.6 Å². The molecule has 0 aromatic heterocycles. The molecule has 3 N–H and O–H groups in total. The molecule has 1 unspecified atom stereocenters. The molecule has 8 heteroatoms. The van der Waals surface area contributed by atoms with E-state index in [1.54, 1.807) is 7.05 Å². The Balaban J connectivity index is 0.00000312. The second-order valence-electron chi connectivity index (χ2n) is 5.93. The second-order valence-corrected chi connectivity index (χ2v) is 6.85. The van der Waals surface area contributed by atoms with Crippen LogP contribution in [0.15, 0.2) is 33.7 Å². The molecule has 25 heavy (non-hydrogen) atoms. The molecule has 6 nitrogen and oxygen atoms in total. The zero-order chi connectivity index (χ0) is 17.3. The molecule has 1 aliphatic rings. The van der Waals surface area contributed by atoms with Gasteiger partial charge in [-0.1, -0.05) is 15.9 Å². The number of aliphatic hydroxyl groups excluding tert-OH is 1. The third-order valence-corrected chi connectivity index (χ3v) is 4.69. The first-order valence-electron chi connectivity index (χ1n) is 8.19. The molecule has 1 saturated heterocycles. The summed E-state index contributed by atoms with van der Waals surface area (Å²) in [6.07, 6.45) is 1.70. The van der Waals surface area contributed by atoms with Crippen molar-refractivity contribution in [1.29, 1.82) is 0 Å². The first kappa shape index (κ1) is 22.5. The van der Waals surface area contributed by atoms with Crippen molar-refractivity contribution in [2.45, 2.75) is 12.8 Å². The third kappa shape index (κ3) is 7.67. The normalized spacial score (nSPS) is 20.0. The van der Waals surface area contributed by atoms with E-state index in [-0.39, 0.29) is 36.0 Å². The lowest BCUT2D eigenvalue weighted by Crippen LogP contribution is -2.45. The van der Waals surface area contributed by atoms with Gasteiger partial charge in [-0.15, -0.1) is 24.0 Å². The first-order valence-corrected chi connectivity index (χ1v) is 8.98. The van der Waals surface area contributed by atoms with Crippen LogP contribution in [0.25, 0.3) is 0 Å². The summed E-state index contributed by atoms with van der Waals surface area (Å²) in [4.78, 5) is 4.23. The summed E-state index contributed by atoms with van der Waals surface area (Å²) < 4.78 is 12.2. The second kappa shape index (κ2) is 11.9. The predicted molar refractivity (Wildman–Crippen MR) is 114 cm³/mol. The molecule has 0 saturated carbocycles. The fourth-order valence-corrected chi connectivity index (χ4v) is 2.94. The number of halogens is 2. The Labute approximate surface area is 174 Å². The van der Waals surface area contributed by atoms with E-state index < -0.39 is 0 Å². The van der Waals surface area contributed by atoms with E-state index in [1.165, 1.54) is 0 Å². The van der Waals surface area contributed by atoms with Crippen molar-refractivity contribution in [3.8, 4) is 5.75 Å².